The third-order valence-corrected chi connectivity index (χ3v) is 5.10. The van der Waals surface area contributed by atoms with Crippen molar-refractivity contribution in [3.05, 3.63) is 41.2 Å². The molecule has 1 unspecified atom stereocenters. The van der Waals surface area contributed by atoms with Crippen LogP contribution in [0.4, 0.5) is 0 Å². The Morgan fingerprint density at radius 2 is 2.18 bits per heavy atom. The molecule has 0 amide bonds. The molecular formula is C17H18N2O2S. The van der Waals surface area contributed by atoms with Gasteiger partial charge in [-0.05, 0) is 42.9 Å². The van der Waals surface area contributed by atoms with Gasteiger partial charge in [0.05, 0.1) is 11.7 Å². The van der Waals surface area contributed by atoms with Crippen molar-refractivity contribution >= 4 is 39.5 Å². The Morgan fingerprint density at radius 1 is 1.41 bits per heavy atom. The van der Waals surface area contributed by atoms with Crippen LogP contribution in [0.5, 0.6) is 0 Å². The molecule has 0 fully saturated rings. The molecule has 0 aliphatic rings. The summed E-state index contributed by atoms with van der Waals surface area (Å²) in [7, 11) is 0. The number of carboxylic acid groups (broad SMARTS) is 1. The fraction of sp³-hybridized carbons (Fsp3) is 0.294. The molecule has 4 nitrogen and oxygen atoms in total. The van der Waals surface area contributed by atoms with Gasteiger partial charge in [0, 0.05) is 21.5 Å². The molecule has 2 aromatic heterocycles. The van der Waals surface area contributed by atoms with Crippen molar-refractivity contribution in [2.75, 3.05) is 5.75 Å². The van der Waals surface area contributed by atoms with Crippen molar-refractivity contribution in [3.63, 3.8) is 0 Å². The Morgan fingerprint density at radius 3 is 2.86 bits per heavy atom. The predicted octanol–water partition coefficient (Wildman–Crippen LogP) is 4.54. The maximum atomic E-state index is 11.3. The number of hydrogen-bond acceptors (Lipinski definition) is 3. The molecule has 0 saturated heterocycles. The molecule has 0 spiro atoms. The second-order valence-electron chi connectivity index (χ2n) is 5.35. The number of fused-ring (bicyclic) bond motifs is 3. The summed E-state index contributed by atoms with van der Waals surface area (Å²) in [4.78, 5) is 18.7. The zero-order valence-electron chi connectivity index (χ0n) is 12.8. The van der Waals surface area contributed by atoms with E-state index >= 15 is 0 Å². The number of carboxylic acids is 1. The third-order valence-electron chi connectivity index (χ3n) is 3.99. The summed E-state index contributed by atoms with van der Waals surface area (Å²) in [5.74, 6) is 0.0824. The van der Waals surface area contributed by atoms with Crippen molar-refractivity contribution in [1.82, 2.24) is 9.97 Å². The lowest BCUT2D eigenvalue weighted by molar-refractivity contribution is 0.0690. The van der Waals surface area contributed by atoms with E-state index in [1.54, 1.807) is 6.20 Å². The first-order valence-corrected chi connectivity index (χ1v) is 8.33. The molecule has 3 rings (SSSR count). The van der Waals surface area contributed by atoms with Gasteiger partial charge in [0.2, 0.25) is 0 Å². The van der Waals surface area contributed by atoms with Crippen LogP contribution in [0.3, 0.4) is 0 Å². The smallest absolute Gasteiger partial charge is 0.354 e. The van der Waals surface area contributed by atoms with Gasteiger partial charge < -0.3 is 10.1 Å². The largest absolute Gasteiger partial charge is 0.477 e. The molecule has 22 heavy (non-hydrogen) atoms. The van der Waals surface area contributed by atoms with E-state index in [2.05, 4.69) is 42.0 Å². The lowest BCUT2D eigenvalue weighted by Gasteiger charge is -2.10. The average Bonchev–Trinajstić information content (AvgIpc) is 2.85. The van der Waals surface area contributed by atoms with E-state index in [0.29, 0.717) is 10.8 Å². The Hall–Kier alpha value is -2.01. The summed E-state index contributed by atoms with van der Waals surface area (Å²) in [5.41, 5.74) is 3.98. The van der Waals surface area contributed by atoms with Crippen molar-refractivity contribution < 1.29 is 9.90 Å². The third kappa shape index (κ3) is 2.35. The van der Waals surface area contributed by atoms with Crippen LogP contribution in [0.15, 0.2) is 24.4 Å². The van der Waals surface area contributed by atoms with Crippen LogP contribution in [0, 0.1) is 6.92 Å². The number of nitrogens with one attached hydrogen (secondary N) is 1. The van der Waals surface area contributed by atoms with Crippen LogP contribution in [0.2, 0.25) is 0 Å². The summed E-state index contributed by atoms with van der Waals surface area (Å²) < 4.78 is 0. The second-order valence-corrected chi connectivity index (χ2v) is 6.97. The van der Waals surface area contributed by atoms with Gasteiger partial charge in [-0.15, -0.1) is 0 Å². The van der Waals surface area contributed by atoms with E-state index in [0.717, 1.165) is 27.6 Å². The number of pyridine rings is 1. The number of hydrogen-bond donors (Lipinski definition) is 2. The Kier molecular flexibility index (Phi) is 3.83. The molecule has 2 N–H and O–H groups in total. The van der Waals surface area contributed by atoms with Gasteiger partial charge in [-0.2, -0.15) is 11.8 Å². The fourth-order valence-corrected chi connectivity index (χ4v) is 3.73. The minimum absolute atomic E-state index is 0.120. The van der Waals surface area contributed by atoms with Crippen LogP contribution in [0.25, 0.3) is 21.8 Å². The molecule has 1 aromatic carbocycles. The van der Waals surface area contributed by atoms with Crippen molar-refractivity contribution in [2.24, 2.45) is 0 Å². The van der Waals surface area contributed by atoms with E-state index in [4.69, 9.17) is 0 Å². The van der Waals surface area contributed by atoms with Crippen LogP contribution >= 0.6 is 11.8 Å². The van der Waals surface area contributed by atoms with Gasteiger partial charge in [0.1, 0.15) is 0 Å². The first-order chi connectivity index (χ1) is 10.5. The molecule has 0 bridgehead atoms. The maximum absolute atomic E-state index is 11.3. The van der Waals surface area contributed by atoms with Crippen LogP contribution in [-0.2, 0) is 0 Å². The number of aromatic carboxylic acids is 1. The average molecular weight is 314 g/mol. The van der Waals surface area contributed by atoms with Gasteiger partial charge >= 0.3 is 5.97 Å². The van der Waals surface area contributed by atoms with Crippen molar-refractivity contribution in [2.45, 2.75) is 26.0 Å². The Bertz CT molecular complexity index is 870. The number of carbonyl (C=O) groups is 1. The standard InChI is InChI=1S/C17H18N2O2S/c1-4-22-10(3)11-5-6-13-12(7-11)15-9(2)16(17(20)21)18-8-14(15)19-13/h5-8,10,19H,4H2,1-3H3,(H,20,21). The van der Waals surface area contributed by atoms with E-state index in [9.17, 15) is 9.90 Å². The highest BCUT2D eigenvalue weighted by molar-refractivity contribution is 7.99. The zero-order valence-corrected chi connectivity index (χ0v) is 13.6. The minimum atomic E-state index is -0.986. The molecule has 0 aliphatic carbocycles. The van der Waals surface area contributed by atoms with Gasteiger partial charge in [-0.1, -0.05) is 13.0 Å². The quantitative estimate of drug-likeness (QED) is 0.742. The molecule has 0 radical (unpaired) electrons. The van der Waals surface area contributed by atoms with E-state index in [1.807, 2.05) is 18.7 Å². The first-order valence-electron chi connectivity index (χ1n) is 7.28. The summed E-state index contributed by atoms with van der Waals surface area (Å²) in [6, 6.07) is 6.36. The number of thioether (sulfide) groups is 1. The van der Waals surface area contributed by atoms with Gasteiger partial charge in [-0.25, -0.2) is 9.78 Å². The molecule has 0 saturated carbocycles. The summed E-state index contributed by atoms with van der Waals surface area (Å²) in [6.45, 7) is 6.17. The maximum Gasteiger partial charge on any atom is 0.354 e. The molecule has 3 aromatic rings. The van der Waals surface area contributed by atoms with Crippen molar-refractivity contribution in [1.29, 1.82) is 0 Å². The Labute approximate surface area is 132 Å². The van der Waals surface area contributed by atoms with E-state index in [-0.39, 0.29) is 5.69 Å². The SMILES string of the molecule is CCSC(C)c1ccc2[nH]c3cnc(C(=O)O)c(C)c3c2c1. The molecule has 2 heterocycles. The number of aryl methyl sites for hydroxylation is 1. The van der Waals surface area contributed by atoms with E-state index < -0.39 is 5.97 Å². The topological polar surface area (TPSA) is 66.0 Å². The molecule has 5 heteroatoms. The highest BCUT2D eigenvalue weighted by atomic mass is 32.2. The lowest BCUT2D eigenvalue weighted by Crippen LogP contribution is -2.03. The summed E-state index contributed by atoms with van der Waals surface area (Å²) >= 11 is 1.90. The number of rotatable bonds is 4. The minimum Gasteiger partial charge on any atom is -0.477 e. The van der Waals surface area contributed by atoms with Gasteiger partial charge in [0.15, 0.2) is 5.69 Å². The lowest BCUT2D eigenvalue weighted by atomic mass is 10.0. The Balaban J connectivity index is 2.27. The predicted molar refractivity (Wildman–Crippen MR) is 91.8 cm³/mol. The number of benzene rings is 1. The van der Waals surface area contributed by atoms with Crippen LogP contribution < -0.4 is 0 Å². The van der Waals surface area contributed by atoms with Crippen LogP contribution in [-0.4, -0.2) is 26.8 Å². The highest BCUT2D eigenvalue weighted by Gasteiger charge is 2.16. The highest BCUT2D eigenvalue weighted by Crippen LogP contribution is 2.34. The summed E-state index contributed by atoms with van der Waals surface area (Å²) in [5, 5.41) is 11.7. The molecule has 1 atom stereocenters. The molecular weight excluding hydrogens is 296 g/mol. The number of aromatic amines is 1. The van der Waals surface area contributed by atoms with E-state index in [1.165, 1.54) is 5.56 Å². The fourth-order valence-electron chi connectivity index (χ4n) is 2.89. The van der Waals surface area contributed by atoms with Crippen LogP contribution in [0.1, 0.15) is 40.7 Å². The number of aromatic nitrogens is 2. The zero-order chi connectivity index (χ0) is 15.9. The van der Waals surface area contributed by atoms with Gasteiger partial charge in [0.25, 0.3) is 0 Å². The normalized spacial score (nSPS) is 12.9. The van der Waals surface area contributed by atoms with Crippen molar-refractivity contribution in [3.8, 4) is 0 Å². The first kappa shape index (κ1) is 14.9. The second kappa shape index (κ2) is 5.65. The number of H-pyrrole nitrogens is 1. The molecule has 0 aliphatic heterocycles. The monoisotopic (exact) mass is 314 g/mol. The van der Waals surface area contributed by atoms with Gasteiger partial charge in [-0.3, -0.25) is 0 Å². The summed E-state index contributed by atoms with van der Waals surface area (Å²) in [6.07, 6.45) is 1.61. The molecule has 114 valence electrons. The number of nitrogens with zero attached hydrogens (tertiary/aromatic N) is 1.